The minimum atomic E-state index is -0.417. The molecule has 1 amide bonds. The van der Waals surface area contributed by atoms with Crippen LogP contribution in [0.5, 0.6) is 0 Å². The molecule has 0 spiro atoms. The Morgan fingerprint density at radius 2 is 1.89 bits per heavy atom. The second kappa shape index (κ2) is 10.2. The van der Waals surface area contributed by atoms with Crippen molar-refractivity contribution in [2.45, 2.75) is 45.2 Å². The summed E-state index contributed by atoms with van der Waals surface area (Å²) in [6.07, 6.45) is 2.02. The van der Waals surface area contributed by atoms with Crippen molar-refractivity contribution in [3.63, 3.8) is 0 Å². The van der Waals surface area contributed by atoms with Gasteiger partial charge in [-0.15, -0.1) is 10.2 Å². The molecular formula is C28H31N7O3. The first-order valence-electron chi connectivity index (χ1n) is 12.5. The number of aromatic nitrogens is 4. The first-order valence-corrected chi connectivity index (χ1v) is 12.5. The van der Waals surface area contributed by atoms with Crippen molar-refractivity contribution < 1.29 is 14.3 Å². The highest BCUT2D eigenvalue weighted by Gasteiger charge is 2.25. The van der Waals surface area contributed by atoms with Crippen molar-refractivity contribution in [1.29, 1.82) is 0 Å². The molecule has 4 aromatic rings. The van der Waals surface area contributed by atoms with Crippen LogP contribution in [-0.4, -0.2) is 49.7 Å². The van der Waals surface area contributed by atoms with Crippen LogP contribution >= 0.6 is 0 Å². The predicted molar refractivity (Wildman–Crippen MR) is 144 cm³/mol. The summed E-state index contributed by atoms with van der Waals surface area (Å²) in [6, 6.07) is 15.1. The Morgan fingerprint density at radius 1 is 1.11 bits per heavy atom. The van der Waals surface area contributed by atoms with Gasteiger partial charge in [0, 0.05) is 30.9 Å². The molecule has 0 bridgehead atoms. The van der Waals surface area contributed by atoms with E-state index in [4.69, 9.17) is 9.40 Å². The molecule has 0 saturated heterocycles. The number of nitrogens with zero attached hydrogens (tertiary/aromatic N) is 5. The maximum Gasteiger partial charge on any atom is 0.253 e. The summed E-state index contributed by atoms with van der Waals surface area (Å²) in [5.41, 5.74) is 4.03. The summed E-state index contributed by atoms with van der Waals surface area (Å²) in [5.74, 6) is 1.70. The van der Waals surface area contributed by atoms with Crippen LogP contribution in [0, 0.1) is 0 Å². The molecule has 5 rings (SSSR count). The van der Waals surface area contributed by atoms with E-state index < -0.39 is 6.04 Å². The molecule has 10 heteroatoms. The summed E-state index contributed by atoms with van der Waals surface area (Å²) in [6.45, 7) is 6.40. The highest BCUT2D eigenvalue weighted by Crippen LogP contribution is 2.32. The molecule has 1 atom stereocenters. The summed E-state index contributed by atoms with van der Waals surface area (Å²) >= 11 is 0. The summed E-state index contributed by atoms with van der Waals surface area (Å²) < 4.78 is 5.98. The Morgan fingerprint density at radius 3 is 2.61 bits per heavy atom. The quantitative estimate of drug-likeness (QED) is 0.332. The molecule has 1 aliphatic heterocycles. The number of carbonyl (C=O) groups excluding carboxylic acids is 1. The highest BCUT2D eigenvalue weighted by atomic mass is 16.4. The van der Waals surface area contributed by atoms with Crippen molar-refractivity contribution in [1.82, 2.24) is 25.1 Å². The lowest BCUT2D eigenvalue weighted by molar-refractivity contribution is -0.130. The normalized spacial score (nSPS) is 14.2. The average Bonchev–Trinajstić information content (AvgIpc) is 3.40. The number of hydrogen-bond donors (Lipinski definition) is 3. The van der Waals surface area contributed by atoms with Crippen LogP contribution < -0.4 is 10.6 Å². The number of anilines is 3. The molecule has 3 N–H and O–H groups in total. The van der Waals surface area contributed by atoms with Crippen LogP contribution in [0.15, 0.2) is 59.1 Å². The minimum absolute atomic E-state index is 0.111. The van der Waals surface area contributed by atoms with Crippen LogP contribution in [0.3, 0.4) is 0 Å². The summed E-state index contributed by atoms with van der Waals surface area (Å²) in [5, 5.41) is 25.2. The van der Waals surface area contributed by atoms with E-state index in [1.54, 1.807) is 18.1 Å². The van der Waals surface area contributed by atoms with Crippen molar-refractivity contribution in [2.24, 2.45) is 0 Å². The van der Waals surface area contributed by atoms with Gasteiger partial charge in [-0.05, 0) is 28.8 Å². The zero-order valence-electron chi connectivity index (χ0n) is 21.9. The van der Waals surface area contributed by atoms with Gasteiger partial charge in [0.1, 0.15) is 5.82 Å². The summed E-state index contributed by atoms with van der Waals surface area (Å²) in [4.78, 5) is 23.0. The second-order valence-electron chi connectivity index (χ2n) is 10.4. The Kier molecular flexibility index (Phi) is 6.81. The van der Waals surface area contributed by atoms with E-state index in [0.29, 0.717) is 36.2 Å². The number of rotatable bonds is 7. The van der Waals surface area contributed by atoms with Gasteiger partial charge in [-0.25, -0.2) is 4.98 Å². The summed E-state index contributed by atoms with van der Waals surface area (Å²) in [7, 11) is 1.80. The Labute approximate surface area is 221 Å². The van der Waals surface area contributed by atoms with E-state index >= 15 is 0 Å². The number of fused-ring (bicyclic) bond motifs is 1. The Bertz CT molecular complexity index is 1450. The fraction of sp³-hybridized carbons (Fsp3) is 0.321. The number of benzene rings is 2. The molecule has 0 radical (unpaired) electrons. The molecular weight excluding hydrogens is 482 g/mol. The zero-order chi connectivity index (χ0) is 26.9. The highest BCUT2D eigenvalue weighted by molar-refractivity contribution is 5.81. The van der Waals surface area contributed by atoms with Gasteiger partial charge in [-0.2, -0.15) is 4.98 Å². The molecule has 2 aromatic heterocycles. The number of carbonyl (C=O) groups is 1. The van der Waals surface area contributed by atoms with E-state index in [0.717, 1.165) is 22.4 Å². The van der Waals surface area contributed by atoms with Crippen molar-refractivity contribution >= 4 is 23.4 Å². The lowest BCUT2D eigenvalue weighted by Crippen LogP contribution is -2.32. The lowest BCUT2D eigenvalue weighted by Gasteiger charge is -2.25. The van der Waals surface area contributed by atoms with Crippen LogP contribution in [-0.2, 0) is 23.2 Å². The van der Waals surface area contributed by atoms with E-state index in [2.05, 4.69) is 25.8 Å². The smallest absolute Gasteiger partial charge is 0.253 e. The van der Waals surface area contributed by atoms with Crippen molar-refractivity contribution in [3.05, 3.63) is 77.3 Å². The number of likely N-dealkylation sites (N-methyl/N-ethyl adjacent to an activating group) is 1. The third-order valence-electron chi connectivity index (χ3n) is 6.42. The van der Waals surface area contributed by atoms with Crippen LogP contribution in [0.4, 0.5) is 17.5 Å². The van der Waals surface area contributed by atoms with E-state index in [1.165, 1.54) is 0 Å². The van der Waals surface area contributed by atoms with Crippen LogP contribution in [0.1, 0.15) is 49.4 Å². The van der Waals surface area contributed by atoms with Gasteiger partial charge in [0.15, 0.2) is 0 Å². The SMILES string of the molecule is CN1Cc2cc(Nc3ncc(-c4nnc(C(C)(C)C)o4)c(N[C@H](CO)c4ccccc4)n3)ccc2CC1=O. The molecule has 0 fully saturated rings. The zero-order valence-corrected chi connectivity index (χ0v) is 21.9. The van der Waals surface area contributed by atoms with Gasteiger partial charge in [-0.3, -0.25) is 4.79 Å². The predicted octanol–water partition coefficient (Wildman–Crippen LogP) is 4.23. The second-order valence-corrected chi connectivity index (χ2v) is 10.4. The van der Waals surface area contributed by atoms with E-state index in [-0.39, 0.29) is 23.8 Å². The van der Waals surface area contributed by atoms with Gasteiger partial charge < -0.3 is 25.1 Å². The molecule has 38 heavy (non-hydrogen) atoms. The molecule has 3 heterocycles. The fourth-order valence-corrected chi connectivity index (χ4v) is 4.22. The van der Waals surface area contributed by atoms with Gasteiger partial charge in [0.25, 0.3) is 5.89 Å². The third-order valence-corrected chi connectivity index (χ3v) is 6.42. The lowest BCUT2D eigenvalue weighted by atomic mass is 9.97. The standard InChI is InChI=1S/C28H31N7O3/c1-28(2,3)26-34-33-25(38-26)21-14-29-27(32-24(21)31-22(16-36)17-8-6-5-7-9-17)30-20-11-10-18-13-23(37)35(4)15-19(18)12-20/h5-12,14,22,36H,13,15-16H2,1-4H3,(H2,29,30,31,32)/t22-/m1/s1. The molecule has 196 valence electrons. The van der Waals surface area contributed by atoms with Crippen LogP contribution in [0.25, 0.3) is 11.5 Å². The molecule has 0 aliphatic carbocycles. The topological polar surface area (TPSA) is 129 Å². The van der Waals surface area contributed by atoms with Crippen LogP contribution in [0.2, 0.25) is 0 Å². The largest absolute Gasteiger partial charge is 0.420 e. The fourth-order valence-electron chi connectivity index (χ4n) is 4.22. The van der Waals surface area contributed by atoms with Gasteiger partial charge in [0.05, 0.1) is 24.6 Å². The van der Waals surface area contributed by atoms with Gasteiger partial charge >= 0.3 is 0 Å². The maximum absolute atomic E-state index is 12.0. The van der Waals surface area contributed by atoms with Gasteiger partial charge in [0.2, 0.25) is 17.7 Å². The molecule has 1 aliphatic rings. The Hall–Kier alpha value is -4.31. The molecule has 0 saturated carbocycles. The molecule has 10 nitrogen and oxygen atoms in total. The monoisotopic (exact) mass is 513 g/mol. The average molecular weight is 514 g/mol. The number of amides is 1. The minimum Gasteiger partial charge on any atom is -0.420 e. The maximum atomic E-state index is 12.0. The van der Waals surface area contributed by atoms with Gasteiger partial charge in [-0.1, -0.05) is 57.2 Å². The number of hydrogen-bond acceptors (Lipinski definition) is 9. The third kappa shape index (κ3) is 5.35. The van der Waals surface area contributed by atoms with E-state index in [9.17, 15) is 9.90 Å². The first-order chi connectivity index (χ1) is 18.2. The molecule has 2 aromatic carbocycles. The number of aliphatic hydroxyl groups excluding tert-OH is 1. The van der Waals surface area contributed by atoms with Crippen molar-refractivity contribution in [3.8, 4) is 11.5 Å². The number of aliphatic hydroxyl groups is 1. The number of nitrogens with one attached hydrogen (secondary N) is 2. The first kappa shape index (κ1) is 25.3. The van der Waals surface area contributed by atoms with E-state index in [1.807, 2.05) is 69.3 Å². The molecule has 0 unspecified atom stereocenters. The van der Waals surface area contributed by atoms with Crippen molar-refractivity contribution in [2.75, 3.05) is 24.3 Å². The Balaban J connectivity index is 1.49.